The third kappa shape index (κ3) is 3.49. The summed E-state index contributed by atoms with van der Waals surface area (Å²) in [5.41, 5.74) is 0.602. The Morgan fingerprint density at radius 2 is 1.41 bits per heavy atom. The van der Waals surface area contributed by atoms with Gasteiger partial charge in [0.15, 0.2) is 47.4 Å². The van der Waals surface area contributed by atoms with Crippen molar-refractivity contribution >= 4 is 5.78 Å². The van der Waals surface area contributed by atoms with E-state index in [4.69, 9.17) is 14.2 Å². The molecule has 3 aromatic carbocycles. The lowest BCUT2D eigenvalue weighted by atomic mass is 9.92. The Morgan fingerprint density at radius 3 is 2.15 bits per heavy atom. The van der Waals surface area contributed by atoms with Crippen LogP contribution in [0.2, 0.25) is 0 Å². The van der Waals surface area contributed by atoms with Gasteiger partial charge in [-0.3, -0.25) is 4.79 Å². The van der Waals surface area contributed by atoms with E-state index >= 15 is 0 Å². The maximum atomic E-state index is 12.7. The summed E-state index contributed by atoms with van der Waals surface area (Å²) < 4.78 is 17.6. The Kier molecular flexibility index (Phi) is 5.11. The fraction of sp³-hybridized carbons (Fsp3) is 0.208. The highest BCUT2D eigenvalue weighted by molar-refractivity contribution is 6.05. The molecule has 0 amide bonds. The minimum atomic E-state index is -1.63. The molecule has 3 aromatic rings. The first kappa shape index (κ1) is 21.7. The topological polar surface area (TPSA) is 166 Å². The Hall–Kier alpha value is -4.15. The molecule has 2 aliphatic heterocycles. The summed E-state index contributed by atoms with van der Waals surface area (Å²) in [5, 5.41) is 59.5. The highest BCUT2D eigenvalue weighted by Gasteiger charge is 2.40. The molecule has 2 heterocycles. The average molecular weight is 468 g/mol. The van der Waals surface area contributed by atoms with Gasteiger partial charge < -0.3 is 44.8 Å². The number of aromatic hydroxyl groups is 4. The van der Waals surface area contributed by atoms with Crippen LogP contribution < -0.4 is 14.2 Å². The standard InChI is InChI=1S/C24H20O10/c25-9-19-23(10-1-3-13(27)14(28)5-10)33-16-4-2-11(6-17(16)32-19)24-22(31)21(30)20-15(29)7-12(26)8-18(20)34-24/h1-8,19,22-29,31H,9H2/t19-,22+,23-,24-/m1/s1. The van der Waals surface area contributed by atoms with Crippen LogP contribution in [0, 0.1) is 0 Å². The number of Topliss-reactive ketones (excluding diaryl/α,β-unsaturated/α-hetero) is 1. The molecule has 10 nitrogen and oxygen atoms in total. The lowest BCUT2D eigenvalue weighted by Crippen LogP contribution is -2.37. The Balaban J connectivity index is 1.47. The van der Waals surface area contributed by atoms with E-state index in [0.29, 0.717) is 16.9 Å². The normalized spacial score (nSPS) is 23.2. The zero-order valence-electron chi connectivity index (χ0n) is 17.5. The van der Waals surface area contributed by atoms with Crippen LogP contribution in [0.5, 0.6) is 40.2 Å². The molecule has 0 unspecified atom stereocenters. The third-order valence-corrected chi connectivity index (χ3v) is 5.80. The summed E-state index contributed by atoms with van der Waals surface area (Å²) in [6, 6.07) is 10.9. The monoisotopic (exact) mass is 468 g/mol. The zero-order valence-corrected chi connectivity index (χ0v) is 17.5. The van der Waals surface area contributed by atoms with Crippen LogP contribution >= 0.6 is 0 Å². The first-order valence-electron chi connectivity index (χ1n) is 10.3. The van der Waals surface area contributed by atoms with Crippen molar-refractivity contribution in [2.24, 2.45) is 0 Å². The number of benzene rings is 3. The predicted octanol–water partition coefficient (Wildman–Crippen LogP) is 2.06. The molecule has 0 saturated carbocycles. The molecule has 10 heteroatoms. The van der Waals surface area contributed by atoms with Crippen molar-refractivity contribution in [2.75, 3.05) is 6.61 Å². The van der Waals surface area contributed by atoms with E-state index in [0.717, 1.165) is 6.07 Å². The SMILES string of the molecule is O=C1c2c(O)cc(O)cc2O[C@H](c2ccc3c(c2)O[C@H](CO)[C@@H](c2ccc(O)c(O)c2)O3)[C@H]1O. The van der Waals surface area contributed by atoms with Gasteiger partial charge in [0, 0.05) is 17.7 Å². The molecule has 0 fully saturated rings. The highest BCUT2D eigenvalue weighted by atomic mass is 16.6. The van der Waals surface area contributed by atoms with Crippen LogP contribution in [0.4, 0.5) is 0 Å². The Bertz CT molecular complexity index is 1290. The predicted molar refractivity (Wildman–Crippen MR) is 115 cm³/mol. The zero-order chi connectivity index (χ0) is 24.1. The van der Waals surface area contributed by atoms with Gasteiger partial charge in [0.05, 0.1) is 6.61 Å². The molecule has 0 spiro atoms. The fourth-order valence-corrected chi connectivity index (χ4v) is 4.13. The van der Waals surface area contributed by atoms with Crippen molar-refractivity contribution in [1.29, 1.82) is 0 Å². The van der Waals surface area contributed by atoms with Crippen molar-refractivity contribution in [3.05, 3.63) is 65.2 Å². The number of fused-ring (bicyclic) bond motifs is 2. The number of ether oxygens (including phenoxy) is 3. The molecular formula is C24H20O10. The van der Waals surface area contributed by atoms with Crippen LogP contribution in [0.1, 0.15) is 33.7 Å². The fourth-order valence-electron chi connectivity index (χ4n) is 4.13. The number of ketones is 1. The number of aliphatic hydroxyl groups excluding tert-OH is 2. The van der Waals surface area contributed by atoms with Gasteiger partial charge in [-0.1, -0.05) is 12.1 Å². The van der Waals surface area contributed by atoms with E-state index in [1.807, 2.05) is 0 Å². The van der Waals surface area contributed by atoms with Crippen molar-refractivity contribution in [2.45, 2.75) is 24.4 Å². The quantitative estimate of drug-likeness (QED) is 0.313. The number of aliphatic hydroxyl groups is 2. The largest absolute Gasteiger partial charge is 0.508 e. The molecule has 5 rings (SSSR count). The maximum absolute atomic E-state index is 12.7. The molecule has 4 atom stereocenters. The summed E-state index contributed by atoms with van der Waals surface area (Å²) in [6.45, 7) is -0.428. The molecule has 0 radical (unpaired) electrons. The van der Waals surface area contributed by atoms with E-state index in [1.165, 1.54) is 30.3 Å². The third-order valence-electron chi connectivity index (χ3n) is 5.80. The van der Waals surface area contributed by atoms with Crippen LogP contribution in [0.15, 0.2) is 48.5 Å². The molecule has 0 aliphatic carbocycles. The number of rotatable bonds is 3. The second kappa shape index (κ2) is 8.01. The lowest BCUT2D eigenvalue weighted by Gasteiger charge is -2.35. The average Bonchev–Trinajstić information content (AvgIpc) is 2.81. The van der Waals surface area contributed by atoms with Gasteiger partial charge in [0.2, 0.25) is 5.78 Å². The number of hydrogen-bond donors (Lipinski definition) is 6. The first-order valence-corrected chi connectivity index (χ1v) is 10.3. The van der Waals surface area contributed by atoms with Gasteiger partial charge in [0.1, 0.15) is 22.8 Å². The summed E-state index contributed by atoms with van der Waals surface area (Å²) in [4.78, 5) is 12.7. The van der Waals surface area contributed by atoms with E-state index in [1.54, 1.807) is 12.1 Å². The van der Waals surface area contributed by atoms with Crippen molar-refractivity contribution < 1.29 is 49.6 Å². The van der Waals surface area contributed by atoms with Gasteiger partial charge >= 0.3 is 0 Å². The van der Waals surface area contributed by atoms with Crippen LogP contribution in [-0.2, 0) is 0 Å². The Labute approximate surface area is 192 Å². The second-order valence-electron chi connectivity index (χ2n) is 8.02. The number of carbonyl (C=O) groups excluding carboxylic acids is 1. The maximum Gasteiger partial charge on any atom is 0.202 e. The summed E-state index contributed by atoms with van der Waals surface area (Å²) >= 11 is 0. The minimum Gasteiger partial charge on any atom is -0.508 e. The summed E-state index contributed by atoms with van der Waals surface area (Å²) in [6.07, 6.45) is -4.44. The van der Waals surface area contributed by atoms with E-state index < -0.39 is 42.6 Å². The summed E-state index contributed by atoms with van der Waals surface area (Å²) in [5.74, 6) is -1.76. The number of phenolic OH excluding ortho intramolecular Hbond substituents is 4. The van der Waals surface area contributed by atoms with Crippen LogP contribution in [0.25, 0.3) is 0 Å². The van der Waals surface area contributed by atoms with Crippen molar-refractivity contribution in [1.82, 2.24) is 0 Å². The number of phenols is 4. The first-order chi connectivity index (χ1) is 16.3. The molecule has 2 aliphatic rings. The van der Waals surface area contributed by atoms with E-state index in [-0.39, 0.29) is 34.3 Å². The smallest absolute Gasteiger partial charge is 0.202 e. The van der Waals surface area contributed by atoms with Gasteiger partial charge in [-0.05, 0) is 29.8 Å². The van der Waals surface area contributed by atoms with Gasteiger partial charge in [0.25, 0.3) is 0 Å². The highest BCUT2D eigenvalue weighted by Crippen LogP contribution is 2.45. The van der Waals surface area contributed by atoms with Crippen LogP contribution in [-0.4, -0.2) is 55.2 Å². The van der Waals surface area contributed by atoms with Crippen molar-refractivity contribution in [3.8, 4) is 40.2 Å². The molecule has 34 heavy (non-hydrogen) atoms. The second-order valence-corrected chi connectivity index (χ2v) is 8.02. The lowest BCUT2D eigenvalue weighted by molar-refractivity contribution is -0.0130. The van der Waals surface area contributed by atoms with Gasteiger partial charge in [-0.15, -0.1) is 0 Å². The molecule has 6 N–H and O–H groups in total. The molecule has 0 aromatic heterocycles. The molecule has 176 valence electrons. The van der Waals surface area contributed by atoms with Crippen molar-refractivity contribution in [3.63, 3.8) is 0 Å². The molecular weight excluding hydrogens is 448 g/mol. The van der Waals surface area contributed by atoms with Gasteiger partial charge in [-0.25, -0.2) is 0 Å². The van der Waals surface area contributed by atoms with Gasteiger partial charge in [-0.2, -0.15) is 0 Å². The van der Waals surface area contributed by atoms with E-state index in [2.05, 4.69) is 0 Å². The Morgan fingerprint density at radius 1 is 0.706 bits per heavy atom. The molecule has 0 saturated heterocycles. The number of carbonyl (C=O) groups is 1. The summed E-state index contributed by atoms with van der Waals surface area (Å²) in [7, 11) is 0. The van der Waals surface area contributed by atoms with Crippen LogP contribution in [0.3, 0.4) is 0 Å². The number of hydrogen-bond acceptors (Lipinski definition) is 10. The molecule has 0 bridgehead atoms. The van der Waals surface area contributed by atoms with E-state index in [9.17, 15) is 35.4 Å². The minimum absolute atomic E-state index is 0.0758.